The molecule has 1 aromatic rings. The second-order valence-corrected chi connectivity index (χ2v) is 4.81. The zero-order chi connectivity index (χ0) is 15.1. The second kappa shape index (κ2) is 8.08. The van der Waals surface area contributed by atoms with Gasteiger partial charge in [0.2, 0.25) is 0 Å². The van der Waals surface area contributed by atoms with E-state index in [2.05, 4.69) is 9.97 Å². The molecule has 1 unspecified atom stereocenters. The Morgan fingerprint density at radius 3 is 2.05 bits per heavy atom. The number of aryl methyl sites for hydroxylation is 1. The van der Waals surface area contributed by atoms with E-state index >= 15 is 0 Å². The molecular formula is C9H14BF4N2O2S-. The summed E-state index contributed by atoms with van der Waals surface area (Å²) in [6, 6.07) is 0. The Bertz CT molecular complexity index is 454. The minimum absolute atomic E-state index is 0.483. The van der Waals surface area contributed by atoms with Crippen molar-refractivity contribution in [1.82, 2.24) is 9.97 Å². The topological polar surface area (TPSA) is 59.9 Å². The lowest BCUT2D eigenvalue weighted by Crippen LogP contribution is -2.06. The predicted octanol–water partition coefficient (Wildman–Crippen LogP) is 2.54. The lowest BCUT2D eigenvalue weighted by molar-refractivity contribution is 0.368. The van der Waals surface area contributed by atoms with Gasteiger partial charge in [0.15, 0.2) is 0 Å². The molecule has 0 spiro atoms. The van der Waals surface area contributed by atoms with Crippen molar-refractivity contribution in [2.45, 2.75) is 31.9 Å². The van der Waals surface area contributed by atoms with E-state index in [1.807, 2.05) is 6.92 Å². The van der Waals surface area contributed by atoms with Gasteiger partial charge in [-0.2, -0.15) is 0 Å². The molecule has 1 heterocycles. The van der Waals surface area contributed by atoms with Gasteiger partial charge in [0.1, 0.15) is 16.0 Å². The van der Waals surface area contributed by atoms with Crippen molar-refractivity contribution < 1.29 is 25.7 Å². The van der Waals surface area contributed by atoms with Crippen molar-refractivity contribution in [2.24, 2.45) is 0 Å². The summed E-state index contributed by atoms with van der Waals surface area (Å²) >= 11 is 0. The molecule has 0 aromatic carbocycles. The maximum atomic E-state index is 11.0. The fraction of sp³-hybridized carbons (Fsp3) is 0.556. The predicted molar refractivity (Wildman–Crippen MR) is 64.9 cm³/mol. The summed E-state index contributed by atoms with van der Waals surface area (Å²) in [4.78, 5) is 8.11. The van der Waals surface area contributed by atoms with Gasteiger partial charge in [-0.3, -0.25) is 9.97 Å². The molecule has 10 heteroatoms. The first-order valence-electron chi connectivity index (χ1n) is 5.45. The van der Waals surface area contributed by atoms with Gasteiger partial charge in [-0.1, -0.05) is 13.3 Å². The van der Waals surface area contributed by atoms with E-state index in [0.29, 0.717) is 17.8 Å². The van der Waals surface area contributed by atoms with Crippen LogP contribution in [0.3, 0.4) is 0 Å². The molecule has 19 heavy (non-hydrogen) atoms. The number of hydrogen-bond acceptors (Lipinski definition) is 4. The lowest BCUT2D eigenvalue weighted by Gasteiger charge is -2.09. The minimum atomic E-state index is -6.00. The SMILES string of the molecule is CCCC(c1nccnc1C)[SH](=O)=O.F[B-](F)(F)F. The van der Waals surface area contributed by atoms with Gasteiger partial charge in [0.25, 0.3) is 0 Å². The van der Waals surface area contributed by atoms with Gasteiger partial charge >= 0.3 is 7.25 Å². The number of halogens is 4. The first kappa shape index (κ1) is 17.8. The first-order valence-corrected chi connectivity index (χ1v) is 6.69. The lowest BCUT2D eigenvalue weighted by atomic mass is 10.1. The molecular weight excluding hydrogens is 287 g/mol. The molecule has 4 nitrogen and oxygen atoms in total. The molecule has 0 fully saturated rings. The Kier molecular flexibility index (Phi) is 7.58. The molecule has 0 aliphatic rings. The summed E-state index contributed by atoms with van der Waals surface area (Å²) in [7, 11) is -8.46. The molecule has 0 saturated carbocycles. The molecule has 0 amide bonds. The number of hydrogen-bond donors (Lipinski definition) is 1. The highest BCUT2D eigenvalue weighted by Crippen LogP contribution is 2.21. The van der Waals surface area contributed by atoms with Crippen LogP contribution in [0.15, 0.2) is 12.4 Å². The third-order valence-corrected chi connectivity index (χ3v) is 3.06. The van der Waals surface area contributed by atoms with E-state index in [-0.39, 0.29) is 0 Å². The quantitative estimate of drug-likeness (QED) is 0.527. The van der Waals surface area contributed by atoms with Crippen molar-refractivity contribution in [3.05, 3.63) is 23.8 Å². The molecule has 1 atom stereocenters. The van der Waals surface area contributed by atoms with Crippen molar-refractivity contribution >= 4 is 18.0 Å². The normalized spacial score (nSPS) is 12.8. The van der Waals surface area contributed by atoms with Crippen LogP contribution in [0.25, 0.3) is 0 Å². The summed E-state index contributed by atoms with van der Waals surface area (Å²) < 4.78 is 61.0. The Morgan fingerprint density at radius 2 is 1.68 bits per heavy atom. The minimum Gasteiger partial charge on any atom is -0.418 e. The van der Waals surface area contributed by atoms with Crippen molar-refractivity contribution in [3.63, 3.8) is 0 Å². The van der Waals surface area contributed by atoms with Crippen LogP contribution in [-0.4, -0.2) is 25.6 Å². The number of aromatic nitrogens is 2. The molecule has 0 bridgehead atoms. The molecule has 0 radical (unpaired) electrons. The van der Waals surface area contributed by atoms with Gasteiger partial charge in [-0.25, -0.2) is 8.42 Å². The highest BCUT2D eigenvalue weighted by molar-refractivity contribution is 7.72. The molecule has 1 rings (SSSR count). The average molecular weight is 301 g/mol. The summed E-state index contributed by atoms with van der Waals surface area (Å²) in [5, 5.41) is -0.483. The molecule has 110 valence electrons. The second-order valence-electron chi connectivity index (χ2n) is 3.61. The third-order valence-electron chi connectivity index (χ3n) is 2.05. The standard InChI is InChI=1S/C9H14N2O2S.BF4/c1-3-4-8(14(12)13)9-7(2)10-5-6-11-9;2-1(3,4)5/h5-6,8,14H,3-4H2,1-2H3;/q;-1. The van der Waals surface area contributed by atoms with E-state index in [4.69, 9.17) is 0 Å². The Morgan fingerprint density at radius 1 is 1.21 bits per heavy atom. The van der Waals surface area contributed by atoms with Crippen LogP contribution in [0.4, 0.5) is 17.3 Å². The van der Waals surface area contributed by atoms with Crippen molar-refractivity contribution in [3.8, 4) is 0 Å². The monoisotopic (exact) mass is 301 g/mol. The van der Waals surface area contributed by atoms with Crippen LogP contribution in [0.1, 0.15) is 36.4 Å². The number of thiol groups is 1. The van der Waals surface area contributed by atoms with Crippen LogP contribution in [-0.2, 0) is 10.7 Å². The van der Waals surface area contributed by atoms with Crippen molar-refractivity contribution in [2.75, 3.05) is 0 Å². The van der Waals surface area contributed by atoms with Gasteiger partial charge in [0, 0.05) is 12.4 Å². The van der Waals surface area contributed by atoms with Crippen LogP contribution in [0, 0.1) is 6.92 Å². The van der Waals surface area contributed by atoms with Crippen LogP contribution in [0.2, 0.25) is 0 Å². The van der Waals surface area contributed by atoms with Crippen LogP contribution < -0.4 is 0 Å². The summed E-state index contributed by atoms with van der Waals surface area (Å²) in [6.07, 6.45) is 4.53. The van der Waals surface area contributed by atoms with Crippen LogP contribution >= 0.6 is 0 Å². The van der Waals surface area contributed by atoms with E-state index in [1.165, 1.54) is 6.20 Å². The molecule has 0 saturated heterocycles. The highest BCUT2D eigenvalue weighted by Gasteiger charge is 2.20. The highest BCUT2D eigenvalue weighted by atomic mass is 32.2. The van der Waals surface area contributed by atoms with Crippen molar-refractivity contribution in [1.29, 1.82) is 0 Å². The van der Waals surface area contributed by atoms with Gasteiger partial charge in [-0.05, 0) is 13.3 Å². The van der Waals surface area contributed by atoms with E-state index in [9.17, 15) is 25.7 Å². The third kappa shape index (κ3) is 8.52. The zero-order valence-electron chi connectivity index (χ0n) is 10.4. The molecule has 0 aliphatic carbocycles. The molecule has 0 aliphatic heterocycles. The zero-order valence-corrected chi connectivity index (χ0v) is 11.3. The van der Waals surface area contributed by atoms with E-state index in [1.54, 1.807) is 13.1 Å². The van der Waals surface area contributed by atoms with Crippen LogP contribution in [0.5, 0.6) is 0 Å². The number of nitrogens with zero attached hydrogens (tertiary/aromatic N) is 2. The van der Waals surface area contributed by atoms with Gasteiger partial charge in [0.05, 0.1) is 11.4 Å². The van der Waals surface area contributed by atoms with Gasteiger partial charge < -0.3 is 17.3 Å². The average Bonchev–Trinajstić information content (AvgIpc) is 2.24. The fourth-order valence-corrected chi connectivity index (χ4v) is 2.28. The Hall–Kier alpha value is -1.19. The summed E-state index contributed by atoms with van der Waals surface area (Å²) in [5.74, 6) is 0. The first-order chi connectivity index (χ1) is 8.66. The molecule has 0 N–H and O–H groups in total. The molecule has 1 aromatic heterocycles. The maximum Gasteiger partial charge on any atom is 0.673 e. The Balaban J connectivity index is 0.000000555. The maximum absolute atomic E-state index is 11.0. The van der Waals surface area contributed by atoms with Gasteiger partial charge in [-0.15, -0.1) is 0 Å². The summed E-state index contributed by atoms with van der Waals surface area (Å²) in [6.45, 7) is 3.74. The fourth-order valence-electron chi connectivity index (χ4n) is 1.36. The van der Waals surface area contributed by atoms with E-state index in [0.717, 1.165) is 6.42 Å². The smallest absolute Gasteiger partial charge is 0.418 e. The largest absolute Gasteiger partial charge is 0.673 e. The Labute approximate surface area is 110 Å². The number of rotatable bonds is 4. The van der Waals surface area contributed by atoms with E-state index < -0.39 is 23.2 Å². The summed E-state index contributed by atoms with van der Waals surface area (Å²) in [5.41, 5.74) is 1.29.